The molecule has 0 spiro atoms. The van der Waals surface area contributed by atoms with Crippen LogP contribution in [0.15, 0.2) is 0 Å². The molecule has 0 aromatic heterocycles. The van der Waals surface area contributed by atoms with E-state index in [0.717, 1.165) is 51.4 Å². The van der Waals surface area contributed by atoms with Crippen LogP contribution >= 0.6 is 0 Å². The lowest BCUT2D eigenvalue weighted by molar-refractivity contribution is -0.119. The molecule has 1 saturated carbocycles. The van der Waals surface area contributed by atoms with Crippen LogP contribution in [0.2, 0.25) is 0 Å². The SMILES string of the molecule is C[C@H]1C[C@H]2NC(=O)C[C@H]2[C@@H]1CNC1CCOCC1. The van der Waals surface area contributed by atoms with Crippen LogP contribution in [0.3, 0.4) is 0 Å². The Hall–Kier alpha value is -0.610. The monoisotopic (exact) mass is 252 g/mol. The van der Waals surface area contributed by atoms with Gasteiger partial charge in [0.15, 0.2) is 0 Å². The summed E-state index contributed by atoms with van der Waals surface area (Å²) in [6.45, 7) is 5.19. The maximum Gasteiger partial charge on any atom is 0.220 e. The molecule has 2 saturated heterocycles. The largest absolute Gasteiger partial charge is 0.381 e. The molecule has 0 radical (unpaired) electrons. The van der Waals surface area contributed by atoms with Crippen LogP contribution in [0.4, 0.5) is 0 Å². The summed E-state index contributed by atoms with van der Waals surface area (Å²) >= 11 is 0. The van der Waals surface area contributed by atoms with Gasteiger partial charge in [-0.15, -0.1) is 0 Å². The Morgan fingerprint density at radius 2 is 2.17 bits per heavy atom. The first-order valence-electron chi connectivity index (χ1n) is 7.34. The molecule has 0 bridgehead atoms. The number of nitrogens with one attached hydrogen (secondary N) is 2. The highest BCUT2D eigenvalue weighted by molar-refractivity contribution is 5.79. The Balaban J connectivity index is 1.53. The van der Waals surface area contributed by atoms with Crippen LogP contribution in [0, 0.1) is 17.8 Å². The zero-order chi connectivity index (χ0) is 12.5. The van der Waals surface area contributed by atoms with Gasteiger partial charge in [0.05, 0.1) is 0 Å². The second kappa shape index (κ2) is 5.17. The minimum atomic E-state index is 0.257. The van der Waals surface area contributed by atoms with Crippen molar-refractivity contribution in [2.45, 2.75) is 44.7 Å². The summed E-state index contributed by atoms with van der Waals surface area (Å²) in [6, 6.07) is 1.07. The molecule has 3 rings (SSSR count). The minimum Gasteiger partial charge on any atom is -0.381 e. The Morgan fingerprint density at radius 1 is 1.39 bits per heavy atom. The first kappa shape index (κ1) is 12.4. The van der Waals surface area contributed by atoms with Crippen LogP contribution in [0.1, 0.15) is 32.6 Å². The van der Waals surface area contributed by atoms with Crippen molar-refractivity contribution in [2.75, 3.05) is 19.8 Å². The van der Waals surface area contributed by atoms with Gasteiger partial charge in [0.2, 0.25) is 5.91 Å². The van der Waals surface area contributed by atoms with Gasteiger partial charge in [0.25, 0.3) is 0 Å². The Bertz CT molecular complexity index is 315. The number of hydrogen-bond acceptors (Lipinski definition) is 3. The number of carbonyl (C=O) groups is 1. The van der Waals surface area contributed by atoms with Gasteiger partial charge in [-0.1, -0.05) is 6.92 Å². The van der Waals surface area contributed by atoms with Crippen LogP contribution in [0.5, 0.6) is 0 Å². The van der Waals surface area contributed by atoms with Crippen LogP contribution in [-0.4, -0.2) is 37.7 Å². The van der Waals surface area contributed by atoms with Gasteiger partial charge in [-0.2, -0.15) is 0 Å². The van der Waals surface area contributed by atoms with Crippen molar-refractivity contribution in [2.24, 2.45) is 17.8 Å². The third-order valence-electron chi connectivity index (χ3n) is 5.05. The fraction of sp³-hybridized carbons (Fsp3) is 0.929. The molecule has 3 fully saturated rings. The van der Waals surface area contributed by atoms with Crippen molar-refractivity contribution in [3.05, 3.63) is 0 Å². The highest BCUT2D eigenvalue weighted by Crippen LogP contribution is 2.41. The number of hydrogen-bond donors (Lipinski definition) is 2. The van der Waals surface area contributed by atoms with E-state index in [0.29, 0.717) is 23.9 Å². The van der Waals surface area contributed by atoms with Gasteiger partial charge < -0.3 is 15.4 Å². The fourth-order valence-electron chi connectivity index (χ4n) is 3.97. The number of rotatable bonds is 3. The second-order valence-electron chi connectivity index (χ2n) is 6.21. The van der Waals surface area contributed by atoms with E-state index in [2.05, 4.69) is 17.6 Å². The first-order valence-corrected chi connectivity index (χ1v) is 7.34. The van der Waals surface area contributed by atoms with E-state index in [1.54, 1.807) is 0 Å². The molecule has 18 heavy (non-hydrogen) atoms. The average molecular weight is 252 g/mol. The summed E-state index contributed by atoms with van der Waals surface area (Å²) in [5, 5.41) is 6.83. The molecule has 0 aromatic carbocycles. The highest BCUT2D eigenvalue weighted by atomic mass is 16.5. The van der Waals surface area contributed by atoms with E-state index >= 15 is 0 Å². The lowest BCUT2D eigenvalue weighted by atomic mass is 9.88. The van der Waals surface area contributed by atoms with Crippen LogP contribution < -0.4 is 10.6 Å². The van der Waals surface area contributed by atoms with Crippen LogP contribution in [-0.2, 0) is 9.53 Å². The Morgan fingerprint density at radius 3 is 2.94 bits per heavy atom. The third-order valence-corrected chi connectivity index (χ3v) is 5.05. The number of ether oxygens (including phenoxy) is 1. The Kier molecular flexibility index (Phi) is 3.57. The van der Waals surface area contributed by atoms with E-state index in [9.17, 15) is 4.79 Å². The molecule has 0 aromatic rings. The predicted molar refractivity (Wildman–Crippen MR) is 69.2 cm³/mol. The van der Waals surface area contributed by atoms with Gasteiger partial charge >= 0.3 is 0 Å². The highest BCUT2D eigenvalue weighted by Gasteiger charge is 2.46. The Labute approximate surface area is 109 Å². The van der Waals surface area contributed by atoms with Gasteiger partial charge in [-0.3, -0.25) is 4.79 Å². The van der Waals surface area contributed by atoms with Gasteiger partial charge in [0.1, 0.15) is 0 Å². The molecule has 2 N–H and O–H groups in total. The van der Waals surface area contributed by atoms with E-state index in [1.807, 2.05) is 0 Å². The van der Waals surface area contributed by atoms with Gasteiger partial charge in [-0.25, -0.2) is 0 Å². The zero-order valence-corrected chi connectivity index (χ0v) is 11.2. The lowest BCUT2D eigenvalue weighted by Crippen LogP contribution is -2.39. The summed E-state index contributed by atoms with van der Waals surface area (Å²) in [5.74, 6) is 2.22. The molecule has 3 aliphatic rings. The average Bonchev–Trinajstić information content (AvgIpc) is 2.84. The summed E-state index contributed by atoms with van der Waals surface area (Å²) in [4.78, 5) is 11.5. The molecule has 1 aliphatic carbocycles. The zero-order valence-electron chi connectivity index (χ0n) is 11.2. The lowest BCUT2D eigenvalue weighted by Gasteiger charge is -2.27. The van der Waals surface area contributed by atoms with Crippen molar-refractivity contribution in [1.82, 2.24) is 10.6 Å². The quantitative estimate of drug-likeness (QED) is 0.785. The maximum atomic E-state index is 11.5. The number of carbonyl (C=O) groups excluding carboxylic acids is 1. The summed E-state index contributed by atoms with van der Waals surface area (Å²) in [7, 11) is 0. The van der Waals surface area contributed by atoms with E-state index < -0.39 is 0 Å². The van der Waals surface area contributed by atoms with Gasteiger partial charge in [-0.05, 0) is 43.6 Å². The van der Waals surface area contributed by atoms with Crippen molar-refractivity contribution in [3.8, 4) is 0 Å². The standard InChI is InChI=1S/C14H24N2O2/c1-9-6-13-11(7-14(17)16-13)12(9)8-15-10-2-4-18-5-3-10/h9-13,15H,2-8H2,1H3,(H,16,17)/t9-,11-,12+,13+/m0/s1. The molecule has 0 unspecified atom stereocenters. The topological polar surface area (TPSA) is 50.4 Å². The predicted octanol–water partition coefficient (Wildman–Crippen LogP) is 0.916. The van der Waals surface area contributed by atoms with Gasteiger partial charge in [0, 0.05) is 31.7 Å². The number of amides is 1. The third kappa shape index (κ3) is 2.41. The van der Waals surface area contributed by atoms with Crippen molar-refractivity contribution in [1.29, 1.82) is 0 Å². The van der Waals surface area contributed by atoms with Crippen molar-refractivity contribution in [3.63, 3.8) is 0 Å². The molecule has 2 aliphatic heterocycles. The molecule has 4 atom stereocenters. The molecule has 4 heteroatoms. The van der Waals surface area contributed by atoms with Crippen LogP contribution in [0.25, 0.3) is 0 Å². The van der Waals surface area contributed by atoms with Crippen molar-refractivity contribution < 1.29 is 9.53 Å². The van der Waals surface area contributed by atoms with E-state index in [-0.39, 0.29) is 5.91 Å². The van der Waals surface area contributed by atoms with Crippen molar-refractivity contribution >= 4 is 5.91 Å². The van der Waals surface area contributed by atoms with E-state index in [4.69, 9.17) is 4.74 Å². The van der Waals surface area contributed by atoms with E-state index in [1.165, 1.54) is 0 Å². The number of fused-ring (bicyclic) bond motifs is 1. The second-order valence-corrected chi connectivity index (χ2v) is 6.21. The maximum absolute atomic E-state index is 11.5. The molecular formula is C14H24N2O2. The smallest absolute Gasteiger partial charge is 0.220 e. The molecular weight excluding hydrogens is 228 g/mol. The molecule has 1 amide bonds. The summed E-state index contributed by atoms with van der Waals surface area (Å²) < 4.78 is 5.38. The molecule has 102 valence electrons. The first-order chi connectivity index (χ1) is 8.74. The summed E-state index contributed by atoms with van der Waals surface area (Å²) in [6.07, 6.45) is 4.17. The fourth-order valence-corrected chi connectivity index (χ4v) is 3.97. The summed E-state index contributed by atoms with van der Waals surface area (Å²) in [5.41, 5.74) is 0. The molecule has 2 heterocycles. The molecule has 4 nitrogen and oxygen atoms in total. The normalized spacial score (nSPS) is 40.8. The minimum absolute atomic E-state index is 0.257.